The van der Waals surface area contributed by atoms with E-state index in [0.717, 1.165) is 11.4 Å². The largest absolute Gasteiger partial charge is 0.497 e. The molecule has 5 heteroatoms. The molecular formula is C13H16FNO3. The fourth-order valence-electron chi connectivity index (χ4n) is 2.14. The molecule has 0 saturated carbocycles. The van der Waals surface area contributed by atoms with E-state index in [4.69, 9.17) is 9.84 Å². The molecule has 4 nitrogen and oxygen atoms in total. The molecule has 0 unspecified atom stereocenters. The second-order valence-electron chi connectivity index (χ2n) is 4.46. The second-order valence-corrected chi connectivity index (χ2v) is 4.46. The van der Waals surface area contributed by atoms with Crippen LogP contribution in [0.5, 0.6) is 5.75 Å². The molecule has 0 aliphatic carbocycles. The van der Waals surface area contributed by atoms with Gasteiger partial charge in [-0.05, 0) is 12.1 Å². The van der Waals surface area contributed by atoms with Crippen LogP contribution in [0.25, 0.3) is 0 Å². The lowest BCUT2D eigenvalue weighted by atomic mass is 9.93. The third-order valence-electron chi connectivity index (χ3n) is 3.36. The number of carboxylic acids is 1. The molecule has 18 heavy (non-hydrogen) atoms. The maximum Gasteiger partial charge on any atom is 0.341 e. The Morgan fingerprint density at radius 3 is 2.67 bits per heavy atom. The number of hydrogen-bond donors (Lipinski definition) is 1. The van der Waals surface area contributed by atoms with Gasteiger partial charge in [-0.15, -0.1) is 0 Å². The first-order valence-corrected chi connectivity index (χ1v) is 5.86. The number of piperidine rings is 1. The van der Waals surface area contributed by atoms with Crippen molar-refractivity contribution in [3.05, 3.63) is 24.3 Å². The van der Waals surface area contributed by atoms with Crippen molar-refractivity contribution in [1.29, 1.82) is 0 Å². The van der Waals surface area contributed by atoms with E-state index in [0.29, 0.717) is 13.1 Å². The third kappa shape index (κ3) is 2.39. The summed E-state index contributed by atoms with van der Waals surface area (Å²) in [6, 6.07) is 7.48. The maximum atomic E-state index is 13.9. The average molecular weight is 253 g/mol. The minimum Gasteiger partial charge on any atom is -0.497 e. The minimum atomic E-state index is -2.07. The molecule has 1 fully saturated rings. The second kappa shape index (κ2) is 4.84. The molecule has 1 aliphatic rings. The number of anilines is 1. The zero-order chi connectivity index (χ0) is 13.2. The van der Waals surface area contributed by atoms with Gasteiger partial charge in [-0.25, -0.2) is 9.18 Å². The van der Waals surface area contributed by atoms with Crippen LogP contribution < -0.4 is 9.64 Å². The van der Waals surface area contributed by atoms with E-state index in [9.17, 15) is 9.18 Å². The van der Waals surface area contributed by atoms with Crippen LogP contribution in [0.3, 0.4) is 0 Å². The summed E-state index contributed by atoms with van der Waals surface area (Å²) in [6.07, 6.45) is 0.0269. The van der Waals surface area contributed by atoms with Crippen LogP contribution in [0, 0.1) is 0 Å². The Hall–Kier alpha value is -1.78. The van der Waals surface area contributed by atoms with Gasteiger partial charge in [-0.2, -0.15) is 0 Å². The topological polar surface area (TPSA) is 49.8 Å². The van der Waals surface area contributed by atoms with Crippen LogP contribution in [0.1, 0.15) is 12.8 Å². The Bertz CT molecular complexity index is 442. The fraction of sp³-hybridized carbons (Fsp3) is 0.462. The molecule has 0 amide bonds. The van der Waals surface area contributed by atoms with Gasteiger partial charge in [-0.1, -0.05) is 6.07 Å². The zero-order valence-corrected chi connectivity index (χ0v) is 10.2. The number of ether oxygens (including phenoxy) is 1. The molecule has 1 aliphatic heterocycles. The van der Waals surface area contributed by atoms with Crippen LogP contribution >= 0.6 is 0 Å². The van der Waals surface area contributed by atoms with Gasteiger partial charge in [0.05, 0.1) is 7.11 Å². The first-order valence-electron chi connectivity index (χ1n) is 5.86. The van der Waals surface area contributed by atoms with E-state index >= 15 is 0 Å². The zero-order valence-electron chi connectivity index (χ0n) is 10.2. The molecule has 0 aromatic heterocycles. The van der Waals surface area contributed by atoms with Gasteiger partial charge in [0, 0.05) is 37.7 Å². The molecule has 1 saturated heterocycles. The van der Waals surface area contributed by atoms with Crippen molar-refractivity contribution in [2.75, 3.05) is 25.1 Å². The van der Waals surface area contributed by atoms with Crippen LogP contribution in [0.2, 0.25) is 0 Å². The molecule has 0 bridgehead atoms. The van der Waals surface area contributed by atoms with Gasteiger partial charge in [0.25, 0.3) is 0 Å². The van der Waals surface area contributed by atoms with E-state index in [1.165, 1.54) is 0 Å². The summed E-state index contributed by atoms with van der Waals surface area (Å²) in [7, 11) is 1.59. The Labute approximate surface area is 105 Å². The van der Waals surface area contributed by atoms with Crippen LogP contribution in [0.4, 0.5) is 10.1 Å². The number of methoxy groups -OCH3 is 1. The fourth-order valence-corrected chi connectivity index (χ4v) is 2.14. The maximum absolute atomic E-state index is 13.9. The molecule has 98 valence electrons. The SMILES string of the molecule is COc1cccc(N2CCC(F)(C(=O)O)CC2)c1. The molecule has 1 heterocycles. The highest BCUT2D eigenvalue weighted by atomic mass is 19.1. The van der Waals surface area contributed by atoms with Crippen molar-refractivity contribution in [2.45, 2.75) is 18.5 Å². The van der Waals surface area contributed by atoms with Gasteiger partial charge >= 0.3 is 5.97 Å². The number of benzene rings is 1. The highest BCUT2D eigenvalue weighted by molar-refractivity contribution is 5.77. The number of rotatable bonds is 3. The van der Waals surface area contributed by atoms with Crippen LogP contribution in [-0.4, -0.2) is 36.9 Å². The first kappa shape index (κ1) is 12.7. The molecule has 1 N–H and O–H groups in total. The summed E-state index contributed by atoms with van der Waals surface area (Å²) in [6.45, 7) is 0.798. The van der Waals surface area contributed by atoms with Gasteiger partial charge in [0.15, 0.2) is 0 Å². The van der Waals surface area contributed by atoms with Crippen molar-refractivity contribution in [1.82, 2.24) is 0 Å². The normalized spacial score (nSPS) is 18.4. The van der Waals surface area contributed by atoms with Crippen molar-refractivity contribution < 1.29 is 19.0 Å². The van der Waals surface area contributed by atoms with Crippen molar-refractivity contribution in [3.8, 4) is 5.75 Å². The summed E-state index contributed by atoms with van der Waals surface area (Å²) in [5, 5.41) is 8.82. The van der Waals surface area contributed by atoms with Crippen molar-refractivity contribution in [3.63, 3.8) is 0 Å². The van der Waals surface area contributed by atoms with Gasteiger partial charge in [-0.3, -0.25) is 0 Å². The summed E-state index contributed by atoms with van der Waals surface area (Å²) in [4.78, 5) is 12.8. The molecule has 1 aromatic rings. The number of aliphatic carboxylic acids is 1. The van der Waals surface area contributed by atoms with Crippen molar-refractivity contribution in [2.24, 2.45) is 0 Å². The van der Waals surface area contributed by atoms with Crippen LogP contribution in [-0.2, 0) is 4.79 Å². The lowest BCUT2D eigenvalue weighted by molar-refractivity contribution is -0.152. The number of alkyl halides is 1. The number of nitrogens with zero attached hydrogens (tertiary/aromatic N) is 1. The lowest BCUT2D eigenvalue weighted by Crippen LogP contribution is -2.46. The molecule has 0 radical (unpaired) electrons. The third-order valence-corrected chi connectivity index (χ3v) is 3.36. The van der Waals surface area contributed by atoms with Gasteiger partial charge in [0.2, 0.25) is 5.67 Å². The monoisotopic (exact) mass is 253 g/mol. The average Bonchev–Trinajstić information content (AvgIpc) is 2.39. The summed E-state index contributed by atoms with van der Waals surface area (Å²) >= 11 is 0. The van der Waals surface area contributed by atoms with E-state index in [1.54, 1.807) is 7.11 Å². The van der Waals surface area contributed by atoms with E-state index in [-0.39, 0.29) is 12.8 Å². The molecule has 0 spiro atoms. The summed E-state index contributed by atoms with van der Waals surface area (Å²) < 4.78 is 19.0. The lowest BCUT2D eigenvalue weighted by Gasteiger charge is -2.35. The minimum absolute atomic E-state index is 0.0134. The quantitative estimate of drug-likeness (QED) is 0.896. The Balaban J connectivity index is 2.07. The molecule has 1 aromatic carbocycles. The Morgan fingerprint density at radius 2 is 2.11 bits per heavy atom. The first-order chi connectivity index (χ1) is 8.55. The Morgan fingerprint density at radius 1 is 1.44 bits per heavy atom. The van der Waals surface area contributed by atoms with E-state index < -0.39 is 11.6 Å². The number of carboxylic acid groups (broad SMARTS) is 1. The standard InChI is InChI=1S/C13H16FNO3/c1-18-11-4-2-3-10(9-11)15-7-5-13(14,6-8-15)12(16)17/h2-4,9H,5-8H2,1H3,(H,16,17). The number of hydrogen-bond acceptors (Lipinski definition) is 3. The molecule has 0 atom stereocenters. The predicted molar refractivity (Wildman–Crippen MR) is 65.9 cm³/mol. The predicted octanol–water partition coefficient (Wildman–Crippen LogP) is 2.09. The van der Waals surface area contributed by atoms with Gasteiger partial charge in [0.1, 0.15) is 5.75 Å². The highest BCUT2D eigenvalue weighted by Crippen LogP contribution is 2.30. The number of halogens is 1. The van der Waals surface area contributed by atoms with E-state index in [1.807, 2.05) is 29.2 Å². The Kier molecular flexibility index (Phi) is 3.41. The number of carbonyl (C=O) groups is 1. The summed E-state index contributed by atoms with van der Waals surface area (Å²) in [5.74, 6) is -0.615. The molecule has 2 rings (SSSR count). The van der Waals surface area contributed by atoms with Crippen LogP contribution in [0.15, 0.2) is 24.3 Å². The molecular weight excluding hydrogens is 237 g/mol. The summed E-state index contributed by atoms with van der Waals surface area (Å²) in [5.41, 5.74) is -1.14. The van der Waals surface area contributed by atoms with Gasteiger partial charge < -0.3 is 14.7 Å². The smallest absolute Gasteiger partial charge is 0.341 e. The van der Waals surface area contributed by atoms with Crippen molar-refractivity contribution >= 4 is 11.7 Å². The highest BCUT2D eigenvalue weighted by Gasteiger charge is 2.41. The van der Waals surface area contributed by atoms with E-state index in [2.05, 4.69) is 0 Å².